The molecule has 0 heterocycles. The highest BCUT2D eigenvalue weighted by Gasteiger charge is 2.18. The van der Waals surface area contributed by atoms with Gasteiger partial charge in [-0.1, -0.05) is 12.2 Å². The lowest BCUT2D eigenvalue weighted by Crippen LogP contribution is -2.30. The second kappa shape index (κ2) is 4.52. The quantitative estimate of drug-likeness (QED) is 0.462. The van der Waals surface area contributed by atoms with Gasteiger partial charge in [0.25, 0.3) is 0 Å². The third-order valence-electron chi connectivity index (χ3n) is 1.42. The van der Waals surface area contributed by atoms with Gasteiger partial charge in [0.05, 0.1) is 6.10 Å². The Balaban J connectivity index is 3.82. The van der Waals surface area contributed by atoms with Crippen molar-refractivity contribution in [2.75, 3.05) is 7.11 Å². The monoisotopic (exact) mass is 158 g/mol. The van der Waals surface area contributed by atoms with Crippen molar-refractivity contribution in [1.82, 2.24) is 0 Å². The van der Waals surface area contributed by atoms with Crippen LogP contribution in [0.4, 0.5) is 0 Å². The van der Waals surface area contributed by atoms with Crippen LogP contribution in [0.25, 0.3) is 0 Å². The van der Waals surface area contributed by atoms with Crippen molar-refractivity contribution in [2.24, 2.45) is 0 Å². The van der Waals surface area contributed by atoms with Crippen molar-refractivity contribution in [1.29, 1.82) is 0 Å². The van der Waals surface area contributed by atoms with E-state index in [4.69, 9.17) is 9.47 Å². The van der Waals surface area contributed by atoms with Crippen molar-refractivity contribution < 1.29 is 9.47 Å². The van der Waals surface area contributed by atoms with Crippen LogP contribution in [-0.2, 0) is 9.47 Å². The molecule has 0 bridgehead atoms. The zero-order valence-electron chi connectivity index (χ0n) is 8.05. The highest BCUT2D eigenvalue weighted by Crippen LogP contribution is 2.12. The van der Waals surface area contributed by atoms with Crippen LogP contribution in [0.1, 0.15) is 27.7 Å². The van der Waals surface area contributed by atoms with Crippen LogP contribution in [0.3, 0.4) is 0 Å². The summed E-state index contributed by atoms with van der Waals surface area (Å²) in [5.74, 6) is -0.487. The first-order valence-electron chi connectivity index (χ1n) is 3.87. The van der Waals surface area contributed by atoms with E-state index in [1.807, 2.05) is 39.8 Å². The molecule has 0 spiro atoms. The number of ether oxygens (including phenoxy) is 2. The fourth-order valence-corrected chi connectivity index (χ4v) is 0.806. The van der Waals surface area contributed by atoms with Gasteiger partial charge in [-0.3, -0.25) is 0 Å². The SMILES string of the molecule is CC=CC(C)OC(C)(C)OC. The third kappa shape index (κ3) is 4.99. The summed E-state index contributed by atoms with van der Waals surface area (Å²) in [5.41, 5.74) is 0. The summed E-state index contributed by atoms with van der Waals surface area (Å²) in [6.07, 6.45) is 4.06. The molecule has 0 saturated carbocycles. The smallest absolute Gasteiger partial charge is 0.163 e. The van der Waals surface area contributed by atoms with Gasteiger partial charge in [0.1, 0.15) is 0 Å². The average Bonchev–Trinajstić information content (AvgIpc) is 1.87. The summed E-state index contributed by atoms with van der Waals surface area (Å²) in [6, 6.07) is 0. The molecular weight excluding hydrogens is 140 g/mol. The Hall–Kier alpha value is -0.340. The Labute approximate surface area is 69.2 Å². The summed E-state index contributed by atoms with van der Waals surface area (Å²) in [6.45, 7) is 7.75. The first kappa shape index (κ1) is 10.7. The lowest BCUT2D eigenvalue weighted by atomic mass is 10.3. The number of allylic oxidation sites excluding steroid dienone is 1. The first-order valence-corrected chi connectivity index (χ1v) is 3.87. The number of methoxy groups -OCH3 is 1. The second-order valence-electron chi connectivity index (χ2n) is 2.95. The molecular formula is C9H18O2. The van der Waals surface area contributed by atoms with E-state index in [2.05, 4.69) is 0 Å². The molecule has 0 aliphatic heterocycles. The molecule has 0 aromatic rings. The Morgan fingerprint density at radius 3 is 2.27 bits per heavy atom. The molecule has 0 fully saturated rings. The Bertz CT molecular complexity index is 128. The van der Waals surface area contributed by atoms with E-state index >= 15 is 0 Å². The minimum Gasteiger partial charge on any atom is -0.354 e. The predicted octanol–water partition coefficient (Wildman–Crippen LogP) is 2.35. The summed E-state index contributed by atoms with van der Waals surface area (Å²) in [4.78, 5) is 0. The van der Waals surface area contributed by atoms with Gasteiger partial charge in [0.15, 0.2) is 5.79 Å². The zero-order valence-corrected chi connectivity index (χ0v) is 8.05. The van der Waals surface area contributed by atoms with E-state index in [1.165, 1.54) is 0 Å². The molecule has 0 aromatic carbocycles. The van der Waals surface area contributed by atoms with Gasteiger partial charge in [-0.15, -0.1) is 0 Å². The van der Waals surface area contributed by atoms with Gasteiger partial charge in [0, 0.05) is 7.11 Å². The molecule has 0 aromatic heterocycles. The van der Waals surface area contributed by atoms with Crippen molar-refractivity contribution in [3.05, 3.63) is 12.2 Å². The largest absolute Gasteiger partial charge is 0.354 e. The minimum absolute atomic E-state index is 0.106. The predicted molar refractivity (Wildman–Crippen MR) is 46.4 cm³/mol. The highest BCUT2D eigenvalue weighted by atomic mass is 16.7. The van der Waals surface area contributed by atoms with Crippen LogP contribution in [0.15, 0.2) is 12.2 Å². The normalized spacial score (nSPS) is 15.7. The number of rotatable bonds is 4. The molecule has 0 amide bonds. The van der Waals surface area contributed by atoms with Crippen molar-refractivity contribution in [3.8, 4) is 0 Å². The molecule has 0 N–H and O–H groups in total. The average molecular weight is 158 g/mol. The molecule has 11 heavy (non-hydrogen) atoms. The van der Waals surface area contributed by atoms with E-state index in [1.54, 1.807) is 7.11 Å². The topological polar surface area (TPSA) is 18.5 Å². The van der Waals surface area contributed by atoms with E-state index in [0.717, 1.165) is 0 Å². The molecule has 0 aliphatic rings. The van der Waals surface area contributed by atoms with E-state index in [9.17, 15) is 0 Å². The fraction of sp³-hybridized carbons (Fsp3) is 0.778. The van der Waals surface area contributed by atoms with Gasteiger partial charge in [-0.25, -0.2) is 0 Å². The Kier molecular flexibility index (Phi) is 4.38. The molecule has 0 radical (unpaired) electrons. The van der Waals surface area contributed by atoms with Crippen LogP contribution >= 0.6 is 0 Å². The standard InChI is InChI=1S/C9H18O2/c1-6-7-8(2)11-9(3,4)10-5/h6-8H,1-5H3. The van der Waals surface area contributed by atoms with Crippen molar-refractivity contribution >= 4 is 0 Å². The number of hydrogen-bond acceptors (Lipinski definition) is 2. The van der Waals surface area contributed by atoms with Gasteiger partial charge in [0.2, 0.25) is 0 Å². The summed E-state index contributed by atoms with van der Waals surface area (Å²) in [5, 5.41) is 0. The Morgan fingerprint density at radius 1 is 1.36 bits per heavy atom. The van der Waals surface area contributed by atoms with Gasteiger partial charge >= 0.3 is 0 Å². The molecule has 2 heteroatoms. The third-order valence-corrected chi connectivity index (χ3v) is 1.42. The fourth-order valence-electron chi connectivity index (χ4n) is 0.806. The van der Waals surface area contributed by atoms with Crippen LogP contribution in [-0.4, -0.2) is 19.0 Å². The number of hydrogen-bond donors (Lipinski definition) is 0. The summed E-state index contributed by atoms with van der Waals surface area (Å²) >= 11 is 0. The molecule has 0 saturated heterocycles. The maximum absolute atomic E-state index is 5.52. The van der Waals surface area contributed by atoms with Gasteiger partial charge in [-0.05, 0) is 27.7 Å². The van der Waals surface area contributed by atoms with E-state index in [-0.39, 0.29) is 6.10 Å². The van der Waals surface area contributed by atoms with Crippen LogP contribution in [0, 0.1) is 0 Å². The molecule has 66 valence electrons. The maximum Gasteiger partial charge on any atom is 0.163 e. The molecule has 0 aliphatic carbocycles. The van der Waals surface area contributed by atoms with Crippen molar-refractivity contribution in [3.63, 3.8) is 0 Å². The van der Waals surface area contributed by atoms with Gasteiger partial charge in [-0.2, -0.15) is 0 Å². The highest BCUT2D eigenvalue weighted by molar-refractivity contribution is 4.84. The zero-order chi connectivity index (χ0) is 8.91. The maximum atomic E-state index is 5.52. The molecule has 1 unspecified atom stereocenters. The minimum atomic E-state index is -0.487. The summed E-state index contributed by atoms with van der Waals surface area (Å²) < 4.78 is 10.6. The molecule has 2 nitrogen and oxygen atoms in total. The van der Waals surface area contributed by atoms with Gasteiger partial charge < -0.3 is 9.47 Å². The van der Waals surface area contributed by atoms with E-state index < -0.39 is 5.79 Å². The lowest BCUT2D eigenvalue weighted by molar-refractivity contribution is -0.210. The second-order valence-corrected chi connectivity index (χ2v) is 2.95. The van der Waals surface area contributed by atoms with Crippen LogP contribution < -0.4 is 0 Å². The molecule has 0 rings (SSSR count). The molecule has 1 atom stereocenters. The van der Waals surface area contributed by atoms with Crippen LogP contribution in [0.5, 0.6) is 0 Å². The van der Waals surface area contributed by atoms with Crippen molar-refractivity contribution in [2.45, 2.75) is 39.6 Å². The Morgan fingerprint density at radius 2 is 1.91 bits per heavy atom. The van der Waals surface area contributed by atoms with E-state index in [0.29, 0.717) is 0 Å². The first-order chi connectivity index (χ1) is 5.02. The van der Waals surface area contributed by atoms with Crippen LogP contribution in [0.2, 0.25) is 0 Å². The summed E-state index contributed by atoms with van der Waals surface area (Å²) in [7, 11) is 1.64. The lowest BCUT2D eigenvalue weighted by Gasteiger charge is -2.26.